The van der Waals surface area contributed by atoms with Gasteiger partial charge in [-0.05, 0) is 19.3 Å². The van der Waals surface area contributed by atoms with Gasteiger partial charge in [0.2, 0.25) is 0 Å². The van der Waals surface area contributed by atoms with Gasteiger partial charge in [-0.2, -0.15) is 0 Å². The van der Waals surface area contributed by atoms with Gasteiger partial charge in [-0.25, -0.2) is 0 Å². The second-order valence-corrected chi connectivity index (χ2v) is 5.22. The van der Waals surface area contributed by atoms with Gasteiger partial charge in [0.25, 0.3) is 0 Å². The lowest BCUT2D eigenvalue weighted by Crippen LogP contribution is -2.35. The van der Waals surface area contributed by atoms with Crippen LogP contribution in [0.25, 0.3) is 0 Å². The monoisotopic (exact) mass is 232 g/mol. The highest BCUT2D eigenvalue weighted by Crippen LogP contribution is 1.98. The quantitative estimate of drug-likeness (QED) is 0.541. The first kappa shape index (κ1) is 17.8. The van der Waals surface area contributed by atoms with Crippen LogP contribution in [0.15, 0.2) is 0 Å². The third-order valence-electron chi connectivity index (χ3n) is 2.18. The number of nitrogens with zero attached hydrogens (tertiary/aromatic N) is 1. The zero-order valence-electron chi connectivity index (χ0n) is 11.8. The van der Waals surface area contributed by atoms with E-state index in [1.54, 1.807) is 0 Å². The van der Waals surface area contributed by atoms with Gasteiger partial charge in [0.1, 0.15) is 0 Å². The number of unbranched alkanes of at least 4 members (excludes halogenated alkanes) is 3. The van der Waals surface area contributed by atoms with E-state index in [1.165, 1.54) is 25.8 Å². The van der Waals surface area contributed by atoms with Crippen molar-refractivity contribution in [1.29, 1.82) is 0 Å². The Balaban J connectivity index is 0. The number of carbonyl (C=O) groups is 1. The van der Waals surface area contributed by atoms with Crippen LogP contribution < -0.4 is 0 Å². The van der Waals surface area contributed by atoms with Gasteiger partial charge in [-0.3, -0.25) is 4.79 Å². The van der Waals surface area contributed by atoms with E-state index < -0.39 is 5.97 Å². The van der Waals surface area contributed by atoms with Crippen LogP contribution in [0.1, 0.15) is 52.4 Å². The van der Waals surface area contributed by atoms with Gasteiger partial charge in [0.05, 0.1) is 27.7 Å². The summed E-state index contributed by atoms with van der Waals surface area (Å²) in [5, 5.41) is 8.04. The molecule has 16 heavy (non-hydrogen) atoms. The van der Waals surface area contributed by atoms with E-state index >= 15 is 0 Å². The lowest BCUT2D eigenvalue weighted by Gasteiger charge is -2.23. The largest absolute Gasteiger partial charge is 0.481 e. The summed E-state index contributed by atoms with van der Waals surface area (Å²) in [7, 11) is 6.74. The topological polar surface area (TPSA) is 37.3 Å². The van der Waals surface area contributed by atoms with Crippen LogP contribution in [0, 0.1) is 0 Å². The Morgan fingerprint density at radius 1 is 1.00 bits per heavy atom. The predicted molar refractivity (Wildman–Crippen MR) is 69.6 cm³/mol. The normalized spacial score (nSPS) is 10.6. The minimum atomic E-state index is -0.693. The average molecular weight is 232 g/mol. The maximum absolute atomic E-state index is 9.76. The highest BCUT2D eigenvalue weighted by molar-refractivity contribution is 5.66. The molecule has 0 spiro atoms. The summed E-state index contributed by atoms with van der Waals surface area (Å²) in [6.07, 6.45) is 6.17. The Kier molecular flexibility index (Phi) is 12.2. The molecule has 0 amide bonds. The van der Waals surface area contributed by atoms with Gasteiger partial charge >= 0.3 is 5.97 Å². The van der Waals surface area contributed by atoms with Crippen LogP contribution in [-0.2, 0) is 4.79 Å². The third-order valence-corrected chi connectivity index (χ3v) is 2.18. The predicted octanol–water partition coefficient (Wildman–Crippen LogP) is 3.14. The summed E-state index contributed by atoms with van der Waals surface area (Å²) >= 11 is 0. The Morgan fingerprint density at radius 2 is 1.50 bits per heavy atom. The summed E-state index contributed by atoms with van der Waals surface area (Å²) in [4.78, 5) is 9.76. The molecule has 0 bridgehead atoms. The molecule has 0 saturated heterocycles. The van der Waals surface area contributed by atoms with Crippen molar-refractivity contribution in [2.24, 2.45) is 0 Å². The Hall–Kier alpha value is -0.570. The minimum absolute atomic E-state index is 0.316. The highest BCUT2D eigenvalue weighted by Gasteiger charge is 2.03. The second-order valence-electron chi connectivity index (χ2n) is 5.22. The summed E-state index contributed by atoms with van der Waals surface area (Å²) in [6, 6.07) is 0. The third kappa shape index (κ3) is 23.3. The van der Waals surface area contributed by atoms with Crippen molar-refractivity contribution in [3.8, 4) is 0 Å². The van der Waals surface area contributed by atoms with Gasteiger partial charge in [0, 0.05) is 6.42 Å². The zero-order chi connectivity index (χ0) is 13.0. The molecule has 0 heterocycles. The first-order chi connectivity index (χ1) is 7.33. The fourth-order valence-corrected chi connectivity index (χ4v) is 1.16. The van der Waals surface area contributed by atoms with E-state index in [9.17, 15) is 4.79 Å². The number of hydrogen-bond acceptors (Lipinski definition) is 1. The molecule has 98 valence electrons. The zero-order valence-corrected chi connectivity index (χ0v) is 11.8. The Bertz CT molecular complexity index is 162. The van der Waals surface area contributed by atoms with E-state index in [1.807, 2.05) is 6.92 Å². The van der Waals surface area contributed by atoms with Crippen molar-refractivity contribution in [3.05, 3.63) is 0 Å². The smallest absolute Gasteiger partial charge is 0.303 e. The number of aliphatic carboxylic acids is 1. The molecule has 0 aromatic carbocycles. The fraction of sp³-hybridized carbons (Fsp3) is 0.923. The van der Waals surface area contributed by atoms with Crippen LogP contribution in [0.4, 0.5) is 0 Å². The van der Waals surface area contributed by atoms with Crippen molar-refractivity contribution in [1.82, 2.24) is 0 Å². The van der Waals surface area contributed by atoms with Crippen molar-refractivity contribution in [2.45, 2.75) is 52.4 Å². The van der Waals surface area contributed by atoms with Crippen LogP contribution in [0.3, 0.4) is 0 Å². The molecule has 0 aliphatic rings. The molecule has 1 N–H and O–H groups in total. The highest BCUT2D eigenvalue weighted by atomic mass is 16.4. The van der Waals surface area contributed by atoms with Gasteiger partial charge in [0.15, 0.2) is 0 Å². The molecule has 3 nitrogen and oxygen atoms in total. The first-order valence-corrected chi connectivity index (χ1v) is 6.35. The molecular weight excluding hydrogens is 202 g/mol. The molecule has 0 atom stereocenters. The number of carboxylic acid groups (broad SMARTS) is 1. The number of rotatable bonds is 7. The van der Waals surface area contributed by atoms with Crippen LogP contribution in [-0.4, -0.2) is 43.2 Å². The first-order valence-electron chi connectivity index (χ1n) is 6.35. The van der Waals surface area contributed by atoms with Gasteiger partial charge in [-0.1, -0.05) is 26.7 Å². The van der Waals surface area contributed by atoms with Crippen LogP contribution >= 0.6 is 0 Å². The molecule has 3 heteroatoms. The standard InChI is InChI=1S/C8H20N.C5H10O2/c1-5-6-7-8-9(2,3)4;1-2-3-4-5(6)7/h5-8H2,1-4H3;2-4H2,1H3,(H,6,7)/q+1;. The van der Waals surface area contributed by atoms with Crippen molar-refractivity contribution in [3.63, 3.8) is 0 Å². The molecule has 0 aromatic rings. The van der Waals surface area contributed by atoms with E-state index in [0.717, 1.165) is 17.3 Å². The average Bonchev–Trinajstić information content (AvgIpc) is 2.14. The second kappa shape index (κ2) is 10.9. The van der Waals surface area contributed by atoms with E-state index in [2.05, 4.69) is 28.1 Å². The number of carboxylic acids is 1. The van der Waals surface area contributed by atoms with E-state index in [-0.39, 0.29) is 0 Å². The summed E-state index contributed by atoms with van der Waals surface area (Å²) in [6.45, 7) is 5.53. The molecule has 0 aromatic heterocycles. The van der Waals surface area contributed by atoms with Gasteiger partial charge in [-0.15, -0.1) is 0 Å². The fourth-order valence-electron chi connectivity index (χ4n) is 1.16. The van der Waals surface area contributed by atoms with Gasteiger partial charge < -0.3 is 9.59 Å². The van der Waals surface area contributed by atoms with Crippen LogP contribution in [0.5, 0.6) is 0 Å². The minimum Gasteiger partial charge on any atom is -0.481 e. The molecule has 0 unspecified atom stereocenters. The molecule has 0 rings (SSSR count). The van der Waals surface area contributed by atoms with Crippen molar-refractivity contribution >= 4 is 5.97 Å². The molecule has 0 fully saturated rings. The van der Waals surface area contributed by atoms with Crippen molar-refractivity contribution in [2.75, 3.05) is 27.7 Å². The maximum atomic E-state index is 9.76. The molecule has 0 aliphatic carbocycles. The van der Waals surface area contributed by atoms with Crippen LogP contribution in [0.2, 0.25) is 0 Å². The molecule has 0 radical (unpaired) electrons. The van der Waals surface area contributed by atoms with E-state index in [0.29, 0.717) is 6.42 Å². The summed E-state index contributed by atoms with van der Waals surface area (Å²) < 4.78 is 1.11. The summed E-state index contributed by atoms with van der Waals surface area (Å²) in [5.41, 5.74) is 0. The molecule has 0 saturated carbocycles. The molecule has 0 aliphatic heterocycles. The SMILES string of the molecule is CCCCC(=O)O.CCCCC[N+](C)(C)C. The summed E-state index contributed by atoms with van der Waals surface area (Å²) in [5.74, 6) is -0.693. The van der Waals surface area contributed by atoms with E-state index in [4.69, 9.17) is 5.11 Å². The lowest BCUT2D eigenvalue weighted by atomic mass is 10.2. The Morgan fingerprint density at radius 3 is 1.75 bits per heavy atom. The maximum Gasteiger partial charge on any atom is 0.303 e. The lowest BCUT2D eigenvalue weighted by molar-refractivity contribution is -0.870. The van der Waals surface area contributed by atoms with Crippen molar-refractivity contribution < 1.29 is 14.4 Å². The molecular formula is C13H30NO2+. The Labute approximate surface area is 101 Å². The number of hydrogen-bond donors (Lipinski definition) is 1. The number of quaternary nitrogens is 1.